The maximum absolute atomic E-state index is 4.31. The van der Waals surface area contributed by atoms with Crippen LogP contribution in [0.4, 0.5) is 0 Å². The van der Waals surface area contributed by atoms with Crippen LogP contribution >= 0.6 is 0 Å². The first-order valence-electron chi connectivity index (χ1n) is 7.58. The molecule has 1 N–H and O–H groups in total. The van der Waals surface area contributed by atoms with Gasteiger partial charge in [0.25, 0.3) is 0 Å². The molecule has 0 saturated heterocycles. The minimum atomic E-state index is 0.704. The van der Waals surface area contributed by atoms with Crippen LogP contribution < -0.4 is 5.32 Å². The van der Waals surface area contributed by atoms with Gasteiger partial charge in [-0.25, -0.2) is 4.98 Å². The van der Waals surface area contributed by atoms with Gasteiger partial charge in [-0.3, -0.25) is 0 Å². The summed E-state index contributed by atoms with van der Waals surface area (Å²) in [5.41, 5.74) is 1.37. The van der Waals surface area contributed by atoms with E-state index in [9.17, 15) is 0 Å². The number of hydrogen-bond acceptors (Lipinski definition) is 2. The third-order valence-electron chi connectivity index (χ3n) is 4.59. The van der Waals surface area contributed by atoms with E-state index in [-0.39, 0.29) is 0 Å². The van der Waals surface area contributed by atoms with Crippen LogP contribution in [0.15, 0.2) is 12.5 Å². The Morgan fingerprint density at radius 2 is 2.06 bits per heavy atom. The zero-order valence-electron chi connectivity index (χ0n) is 11.4. The summed E-state index contributed by atoms with van der Waals surface area (Å²) < 4.78 is 2.37. The smallest absolute Gasteiger partial charge is 0.0951 e. The summed E-state index contributed by atoms with van der Waals surface area (Å²) in [6.07, 6.45) is 13.7. The van der Waals surface area contributed by atoms with Crippen LogP contribution in [0.1, 0.15) is 63.6 Å². The number of rotatable bonds is 4. The Balaban J connectivity index is 1.57. The fourth-order valence-corrected chi connectivity index (χ4v) is 3.18. The molecular weight excluding hydrogens is 222 g/mol. The average Bonchev–Trinajstić information content (AvgIpc) is 3.14. The summed E-state index contributed by atoms with van der Waals surface area (Å²) in [6.45, 7) is 3.40. The number of aromatic nitrogens is 2. The van der Waals surface area contributed by atoms with Crippen LogP contribution in [0.3, 0.4) is 0 Å². The number of imidazole rings is 1. The second-order valence-electron chi connectivity index (χ2n) is 6.13. The molecule has 0 amide bonds. The van der Waals surface area contributed by atoms with Gasteiger partial charge in [-0.2, -0.15) is 0 Å². The fourth-order valence-electron chi connectivity index (χ4n) is 3.18. The zero-order valence-corrected chi connectivity index (χ0v) is 11.4. The molecule has 2 aliphatic carbocycles. The molecule has 0 radical (unpaired) electrons. The van der Waals surface area contributed by atoms with Crippen molar-refractivity contribution in [3.63, 3.8) is 0 Å². The molecule has 0 spiro atoms. The molecule has 2 atom stereocenters. The molecule has 18 heavy (non-hydrogen) atoms. The van der Waals surface area contributed by atoms with Gasteiger partial charge in [-0.1, -0.05) is 26.2 Å². The van der Waals surface area contributed by atoms with Crippen LogP contribution in [0.2, 0.25) is 0 Å². The highest BCUT2D eigenvalue weighted by Gasteiger charge is 2.25. The predicted octanol–water partition coefficient (Wildman–Crippen LogP) is 3.28. The molecule has 3 rings (SSSR count). The van der Waals surface area contributed by atoms with Crippen molar-refractivity contribution >= 4 is 0 Å². The fraction of sp³-hybridized carbons (Fsp3) is 0.800. The first-order chi connectivity index (χ1) is 8.84. The molecule has 0 bridgehead atoms. The Hall–Kier alpha value is -0.830. The molecule has 0 aliphatic heterocycles. The lowest BCUT2D eigenvalue weighted by atomic mass is 9.97. The molecule has 2 saturated carbocycles. The molecule has 3 heteroatoms. The van der Waals surface area contributed by atoms with Gasteiger partial charge >= 0.3 is 0 Å². The molecule has 2 aliphatic rings. The van der Waals surface area contributed by atoms with Gasteiger partial charge in [0.2, 0.25) is 0 Å². The van der Waals surface area contributed by atoms with Crippen molar-refractivity contribution in [2.45, 2.75) is 70.5 Å². The first-order valence-corrected chi connectivity index (χ1v) is 7.58. The van der Waals surface area contributed by atoms with Gasteiger partial charge in [0.15, 0.2) is 0 Å². The van der Waals surface area contributed by atoms with Gasteiger partial charge < -0.3 is 9.88 Å². The van der Waals surface area contributed by atoms with Crippen molar-refractivity contribution in [3.05, 3.63) is 18.2 Å². The summed E-state index contributed by atoms with van der Waals surface area (Å²) in [6, 6.07) is 1.45. The highest BCUT2D eigenvalue weighted by Crippen LogP contribution is 2.35. The molecule has 2 fully saturated rings. The van der Waals surface area contributed by atoms with E-state index in [4.69, 9.17) is 0 Å². The second-order valence-corrected chi connectivity index (χ2v) is 6.13. The van der Waals surface area contributed by atoms with Crippen LogP contribution in [-0.2, 0) is 6.54 Å². The molecule has 100 valence electrons. The van der Waals surface area contributed by atoms with E-state index in [1.165, 1.54) is 50.6 Å². The van der Waals surface area contributed by atoms with E-state index >= 15 is 0 Å². The van der Waals surface area contributed by atoms with Crippen molar-refractivity contribution in [1.29, 1.82) is 0 Å². The Labute approximate surface area is 110 Å². The highest BCUT2D eigenvalue weighted by molar-refractivity contribution is 5.03. The number of nitrogens with one attached hydrogen (secondary N) is 1. The number of hydrogen-bond donors (Lipinski definition) is 1. The van der Waals surface area contributed by atoms with E-state index in [0.717, 1.165) is 18.5 Å². The Bertz CT molecular complexity index is 381. The summed E-state index contributed by atoms with van der Waals surface area (Å²) in [7, 11) is 0. The summed E-state index contributed by atoms with van der Waals surface area (Å²) in [5.74, 6) is 0.824. The third-order valence-corrected chi connectivity index (χ3v) is 4.59. The Kier molecular flexibility index (Phi) is 3.69. The minimum absolute atomic E-state index is 0.704. The minimum Gasteiger partial charge on any atom is -0.330 e. The molecule has 0 aromatic carbocycles. The average molecular weight is 247 g/mol. The SMILES string of the molecule is CC1CCCCCC1NCc1cncn1C1CC1. The van der Waals surface area contributed by atoms with Crippen LogP contribution in [0.25, 0.3) is 0 Å². The lowest BCUT2D eigenvalue weighted by Crippen LogP contribution is -2.34. The van der Waals surface area contributed by atoms with Crippen molar-refractivity contribution in [1.82, 2.24) is 14.9 Å². The first kappa shape index (κ1) is 12.2. The Morgan fingerprint density at radius 1 is 1.22 bits per heavy atom. The highest BCUT2D eigenvalue weighted by atomic mass is 15.1. The van der Waals surface area contributed by atoms with Crippen LogP contribution in [0.5, 0.6) is 0 Å². The number of nitrogens with zero attached hydrogens (tertiary/aromatic N) is 2. The van der Waals surface area contributed by atoms with E-state index in [2.05, 4.69) is 21.8 Å². The summed E-state index contributed by atoms with van der Waals surface area (Å²) >= 11 is 0. The maximum Gasteiger partial charge on any atom is 0.0951 e. The molecule has 2 unspecified atom stereocenters. The lowest BCUT2D eigenvalue weighted by molar-refractivity contribution is 0.352. The van der Waals surface area contributed by atoms with Crippen molar-refractivity contribution in [2.24, 2.45) is 5.92 Å². The van der Waals surface area contributed by atoms with Crippen molar-refractivity contribution in [2.75, 3.05) is 0 Å². The molecule has 1 aromatic rings. The Morgan fingerprint density at radius 3 is 2.89 bits per heavy atom. The monoisotopic (exact) mass is 247 g/mol. The van der Waals surface area contributed by atoms with E-state index in [0.29, 0.717) is 6.04 Å². The topological polar surface area (TPSA) is 29.9 Å². The standard InChI is InChI=1S/C15H25N3/c1-12-5-3-2-4-6-15(12)17-10-14-9-16-11-18(14)13-7-8-13/h9,11-13,15,17H,2-8,10H2,1H3. The van der Waals surface area contributed by atoms with E-state index in [1.807, 2.05) is 12.5 Å². The van der Waals surface area contributed by atoms with Gasteiger partial charge in [-0.15, -0.1) is 0 Å². The van der Waals surface area contributed by atoms with Gasteiger partial charge in [0.1, 0.15) is 0 Å². The van der Waals surface area contributed by atoms with Gasteiger partial charge in [0.05, 0.1) is 12.0 Å². The van der Waals surface area contributed by atoms with Gasteiger partial charge in [0, 0.05) is 24.8 Å². The molecular formula is C15H25N3. The maximum atomic E-state index is 4.31. The molecule has 1 heterocycles. The van der Waals surface area contributed by atoms with Crippen molar-refractivity contribution in [3.8, 4) is 0 Å². The third kappa shape index (κ3) is 2.77. The lowest BCUT2D eigenvalue weighted by Gasteiger charge is -2.23. The molecule has 3 nitrogen and oxygen atoms in total. The van der Waals surface area contributed by atoms with E-state index < -0.39 is 0 Å². The quantitative estimate of drug-likeness (QED) is 0.828. The summed E-state index contributed by atoms with van der Waals surface area (Å²) in [5, 5.41) is 3.78. The second kappa shape index (κ2) is 5.43. The largest absolute Gasteiger partial charge is 0.330 e. The van der Waals surface area contributed by atoms with E-state index in [1.54, 1.807) is 0 Å². The molecule has 1 aromatic heterocycles. The zero-order chi connectivity index (χ0) is 12.4. The van der Waals surface area contributed by atoms with Gasteiger partial charge in [-0.05, 0) is 31.6 Å². The predicted molar refractivity (Wildman–Crippen MR) is 73.4 cm³/mol. The summed E-state index contributed by atoms with van der Waals surface area (Å²) in [4.78, 5) is 4.31. The van der Waals surface area contributed by atoms with Crippen molar-refractivity contribution < 1.29 is 0 Å². The normalized spacial score (nSPS) is 29.2. The van der Waals surface area contributed by atoms with Crippen LogP contribution in [-0.4, -0.2) is 15.6 Å². The van der Waals surface area contributed by atoms with Crippen LogP contribution in [0, 0.1) is 5.92 Å².